The number of allylic oxidation sites excluding steroid dienone is 3. The molecule has 0 fully saturated rings. The van der Waals surface area contributed by atoms with Crippen LogP contribution >= 0.6 is 15.9 Å². The maximum absolute atomic E-state index is 13.9. The minimum Gasteiger partial charge on any atom is -0.493 e. The molecule has 9 heteroatoms. The van der Waals surface area contributed by atoms with E-state index in [0.29, 0.717) is 63.8 Å². The lowest BCUT2D eigenvalue weighted by molar-refractivity contribution is -0.139. The van der Waals surface area contributed by atoms with Crippen molar-refractivity contribution in [1.82, 2.24) is 5.32 Å². The maximum Gasteiger partial charge on any atom is 0.336 e. The van der Waals surface area contributed by atoms with E-state index in [2.05, 4.69) is 21.2 Å². The first-order valence-corrected chi connectivity index (χ1v) is 13.6. The summed E-state index contributed by atoms with van der Waals surface area (Å²) in [5.74, 6) is 1.10. The van der Waals surface area contributed by atoms with Crippen LogP contribution in [-0.4, -0.2) is 46.8 Å². The van der Waals surface area contributed by atoms with Gasteiger partial charge in [-0.3, -0.25) is 4.79 Å². The van der Waals surface area contributed by atoms with Crippen LogP contribution in [-0.2, 0) is 14.3 Å². The molecule has 0 bridgehead atoms. The van der Waals surface area contributed by atoms with Gasteiger partial charge in [-0.2, -0.15) is 0 Å². The smallest absolute Gasteiger partial charge is 0.336 e. The zero-order valence-electron chi connectivity index (χ0n) is 23.1. The third-order valence-corrected chi connectivity index (χ3v) is 7.74. The maximum atomic E-state index is 13.9. The van der Waals surface area contributed by atoms with Gasteiger partial charge in [0.2, 0.25) is 0 Å². The van der Waals surface area contributed by atoms with E-state index in [0.717, 1.165) is 16.8 Å². The van der Waals surface area contributed by atoms with Crippen LogP contribution in [0.3, 0.4) is 0 Å². The fourth-order valence-corrected chi connectivity index (χ4v) is 5.98. The lowest BCUT2D eigenvalue weighted by Crippen LogP contribution is -2.36. The Morgan fingerprint density at radius 1 is 0.949 bits per heavy atom. The third kappa shape index (κ3) is 5.50. The Labute approximate surface area is 237 Å². The lowest BCUT2D eigenvalue weighted by atomic mass is 9.71. The zero-order chi connectivity index (χ0) is 28.3. The molecule has 208 valence electrons. The lowest BCUT2D eigenvalue weighted by Gasteiger charge is -2.37. The minimum absolute atomic E-state index is 0.0345. The quantitative estimate of drug-likeness (QED) is 0.362. The van der Waals surface area contributed by atoms with Crippen LogP contribution in [0.5, 0.6) is 23.0 Å². The summed E-state index contributed by atoms with van der Waals surface area (Å²) >= 11 is 3.57. The molecule has 0 unspecified atom stereocenters. The predicted octanol–water partition coefficient (Wildman–Crippen LogP) is 5.80. The zero-order valence-corrected chi connectivity index (χ0v) is 24.7. The van der Waals surface area contributed by atoms with E-state index in [1.54, 1.807) is 28.4 Å². The minimum atomic E-state index is -0.624. The number of esters is 1. The summed E-state index contributed by atoms with van der Waals surface area (Å²) in [6, 6.07) is 9.43. The molecule has 0 saturated heterocycles. The van der Waals surface area contributed by atoms with Gasteiger partial charge in [0.15, 0.2) is 28.8 Å². The van der Waals surface area contributed by atoms with E-state index in [9.17, 15) is 9.59 Å². The number of Topliss-reactive ketones (excluding diaryl/α,β-unsaturated/α-hetero) is 1. The van der Waals surface area contributed by atoms with Crippen molar-refractivity contribution in [1.29, 1.82) is 0 Å². The van der Waals surface area contributed by atoms with Gasteiger partial charge < -0.3 is 29.0 Å². The fourth-order valence-electron chi connectivity index (χ4n) is 5.36. The van der Waals surface area contributed by atoms with Gasteiger partial charge in [-0.15, -0.1) is 0 Å². The number of carbonyl (C=O) groups is 2. The summed E-state index contributed by atoms with van der Waals surface area (Å²) in [5.41, 5.74) is 4.15. The number of ketones is 1. The molecule has 4 rings (SSSR count). The topological polar surface area (TPSA) is 92.3 Å². The van der Waals surface area contributed by atoms with E-state index < -0.39 is 11.9 Å². The normalized spacial score (nSPS) is 18.8. The van der Waals surface area contributed by atoms with Gasteiger partial charge in [-0.05, 0) is 77.0 Å². The Bertz CT molecular complexity index is 1350. The summed E-state index contributed by atoms with van der Waals surface area (Å²) in [5, 5.41) is 3.39. The van der Waals surface area contributed by atoms with E-state index in [1.165, 1.54) is 0 Å². The number of halogens is 1. The number of nitrogens with one attached hydrogen (secondary N) is 1. The van der Waals surface area contributed by atoms with Gasteiger partial charge in [0.25, 0.3) is 0 Å². The first-order chi connectivity index (χ1) is 18.8. The summed E-state index contributed by atoms with van der Waals surface area (Å²) in [6.45, 7) is 4.08. The molecule has 0 aromatic heterocycles. The van der Waals surface area contributed by atoms with Crippen LogP contribution in [0.4, 0.5) is 0 Å². The van der Waals surface area contributed by atoms with Crippen molar-refractivity contribution in [3.05, 3.63) is 68.5 Å². The van der Waals surface area contributed by atoms with Crippen molar-refractivity contribution < 1.29 is 33.3 Å². The van der Waals surface area contributed by atoms with Crippen molar-refractivity contribution in [2.75, 3.05) is 35.0 Å². The van der Waals surface area contributed by atoms with E-state index >= 15 is 0 Å². The van der Waals surface area contributed by atoms with E-state index in [1.807, 2.05) is 44.2 Å². The largest absolute Gasteiger partial charge is 0.493 e. The van der Waals surface area contributed by atoms with Crippen molar-refractivity contribution in [3.63, 3.8) is 0 Å². The highest BCUT2D eigenvalue weighted by Gasteiger charge is 2.42. The monoisotopic (exact) mass is 599 g/mol. The Morgan fingerprint density at radius 3 is 2.28 bits per heavy atom. The number of carbonyl (C=O) groups excluding carboxylic acids is 2. The summed E-state index contributed by atoms with van der Waals surface area (Å²) in [4.78, 5) is 27.3. The van der Waals surface area contributed by atoms with Crippen molar-refractivity contribution in [2.24, 2.45) is 0 Å². The number of ether oxygens (including phenoxy) is 5. The SMILES string of the molecule is CCCOC(=O)C1=C(C)NC2=C(C(=O)C[C@H](c3ccc(OC)c(OC)c3)C2)[C@H]1c1cc(Br)c(OC)c(OC)c1. The number of hydrogen-bond acceptors (Lipinski definition) is 8. The highest BCUT2D eigenvalue weighted by atomic mass is 79.9. The molecule has 2 aromatic carbocycles. The first kappa shape index (κ1) is 28.5. The van der Waals surface area contributed by atoms with Gasteiger partial charge in [-0.25, -0.2) is 4.79 Å². The Morgan fingerprint density at radius 2 is 1.64 bits per heavy atom. The van der Waals surface area contributed by atoms with Crippen molar-refractivity contribution in [2.45, 2.75) is 44.9 Å². The van der Waals surface area contributed by atoms with Crippen molar-refractivity contribution >= 4 is 27.7 Å². The van der Waals surface area contributed by atoms with Gasteiger partial charge >= 0.3 is 5.97 Å². The second kappa shape index (κ2) is 12.2. The number of benzene rings is 2. The molecule has 0 radical (unpaired) electrons. The summed E-state index contributed by atoms with van der Waals surface area (Å²) in [6.07, 6.45) is 1.57. The fraction of sp³-hybridized carbons (Fsp3) is 0.400. The Balaban J connectivity index is 1.83. The van der Waals surface area contributed by atoms with Crippen LogP contribution in [0, 0.1) is 0 Å². The second-order valence-electron chi connectivity index (χ2n) is 9.51. The molecule has 39 heavy (non-hydrogen) atoms. The molecular formula is C30H34BrNO7. The molecule has 0 spiro atoms. The Hall–Kier alpha value is -3.46. The molecule has 0 saturated carbocycles. The highest BCUT2D eigenvalue weighted by molar-refractivity contribution is 9.10. The average Bonchev–Trinajstić information content (AvgIpc) is 2.93. The van der Waals surface area contributed by atoms with Crippen LogP contribution in [0.2, 0.25) is 0 Å². The van der Waals surface area contributed by atoms with Crippen LogP contribution < -0.4 is 24.3 Å². The molecule has 1 N–H and O–H groups in total. The molecule has 2 aromatic rings. The van der Waals surface area contributed by atoms with Crippen molar-refractivity contribution in [3.8, 4) is 23.0 Å². The van der Waals surface area contributed by atoms with Crippen LogP contribution in [0.15, 0.2) is 57.3 Å². The Kier molecular flexibility index (Phi) is 8.90. The van der Waals surface area contributed by atoms with E-state index in [4.69, 9.17) is 23.7 Å². The molecule has 2 atom stereocenters. The number of hydrogen-bond donors (Lipinski definition) is 1. The number of rotatable bonds is 9. The highest BCUT2D eigenvalue weighted by Crippen LogP contribution is 2.49. The second-order valence-corrected chi connectivity index (χ2v) is 10.4. The average molecular weight is 601 g/mol. The molecule has 0 amide bonds. The molecular weight excluding hydrogens is 566 g/mol. The first-order valence-electron chi connectivity index (χ1n) is 12.8. The van der Waals surface area contributed by atoms with Gasteiger partial charge in [0, 0.05) is 29.3 Å². The molecule has 1 heterocycles. The molecule has 1 aliphatic carbocycles. The predicted molar refractivity (Wildman–Crippen MR) is 151 cm³/mol. The standard InChI is InChI=1S/C30H34BrNO7/c1-7-10-39-30(34)26-16(2)32-21-12-18(17-8-9-23(35-3)24(14-17)36-4)13-22(33)28(21)27(26)19-11-20(31)29(38-6)25(15-19)37-5/h8-9,11,14-15,18,27,32H,7,10,12-13H2,1-6H3/t18-,27+/m1/s1. The molecule has 8 nitrogen and oxygen atoms in total. The summed E-state index contributed by atoms with van der Waals surface area (Å²) in [7, 11) is 6.30. The number of methoxy groups -OCH3 is 4. The third-order valence-electron chi connectivity index (χ3n) is 7.15. The van der Waals surface area contributed by atoms with Gasteiger partial charge in [0.05, 0.1) is 45.1 Å². The van der Waals surface area contributed by atoms with E-state index in [-0.39, 0.29) is 18.1 Å². The van der Waals surface area contributed by atoms with Gasteiger partial charge in [-0.1, -0.05) is 13.0 Å². The molecule has 1 aliphatic heterocycles. The van der Waals surface area contributed by atoms with Gasteiger partial charge in [0.1, 0.15) is 0 Å². The van der Waals surface area contributed by atoms with Crippen LogP contribution in [0.25, 0.3) is 0 Å². The molecule has 2 aliphatic rings. The summed E-state index contributed by atoms with van der Waals surface area (Å²) < 4.78 is 28.2. The number of dihydropyridines is 1. The van der Waals surface area contributed by atoms with Crippen LogP contribution in [0.1, 0.15) is 56.1 Å².